The van der Waals surface area contributed by atoms with E-state index in [9.17, 15) is 9.59 Å². The molecule has 2 aromatic heterocycles. The molecule has 0 radical (unpaired) electrons. The number of pyridine rings is 1. The Morgan fingerprint density at radius 2 is 1.92 bits per heavy atom. The van der Waals surface area contributed by atoms with Crippen molar-refractivity contribution in [1.82, 2.24) is 20.2 Å². The van der Waals surface area contributed by atoms with Gasteiger partial charge in [-0.3, -0.25) is 9.59 Å². The Bertz CT molecular complexity index is 1380. The van der Waals surface area contributed by atoms with Crippen LogP contribution in [-0.2, 0) is 11.3 Å². The number of rotatable bonds is 8. The van der Waals surface area contributed by atoms with E-state index in [1.54, 1.807) is 0 Å². The minimum atomic E-state index is -0.147. The van der Waals surface area contributed by atoms with Crippen molar-refractivity contribution in [2.24, 2.45) is 5.92 Å². The first-order chi connectivity index (χ1) is 18.2. The van der Waals surface area contributed by atoms with Gasteiger partial charge in [-0.25, -0.2) is 0 Å². The molecule has 1 atom stereocenters. The maximum absolute atomic E-state index is 13.6. The number of para-hydroxylation sites is 1. The SMILES string of the molecule is CSc1cc(C)[nH]c(=O)c1CNC(=O)c1c(C)n([C@H](C)[C@H]2CC[C@H](NC3(C)COC3)CC2)c2ccccc12. The van der Waals surface area contributed by atoms with Gasteiger partial charge in [-0.1, -0.05) is 18.2 Å². The third kappa shape index (κ3) is 5.18. The van der Waals surface area contributed by atoms with Gasteiger partial charge in [0.15, 0.2) is 0 Å². The minimum Gasteiger partial charge on any atom is -0.377 e. The van der Waals surface area contributed by atoms with Crippen molar-refractivity contribution in [1.29, 1.82) is 0 Å². The number of hydrogen-bond donors (Lipinski definition) is 3. The van der Waals surface area contributed by atoms with Crippen LogP contribution in [0, 0.1) is 19.8 Å². The lowest BCUT2D eigenvalue weighted by molar-refractivity contribution is -0.0719. The Hall–Kier alpha value is -2.55. The van der Waals surface area contributed by atoms with Crippen LogP contribution in [0.25, 0.3) is 10.9 Å². The number of carbonyl (C=O) groups is 1. The fraction of sp³-hybridized carbons (Fsp3) is 0.533. The van der Waals surface area contributed by atoms with E-state index in [1.165, 1.54) is 24.6 Å². The molecule has 38 heavy (non-hydrogen) atoms. The number of aryl methyl sites for hydroxylation is 1. The molecule has 8 heteroatoms. The minimum absolute atomic E-state index is 0.138. The van der Waals surface area contributed by atoms with E-state index in [2.05, 4.69) is 47.0 Å². The topological polar surface area (TPSA) is 88.2 Å². The highest BCUT2D eigenvalue weighted by Gasteiger charge is 2.37. The number of hydrogen-bond acceptors (Lipinski definition) is 5. The highest BCUT2D eigenvalue weighted by molar-refractivity contribution is 7.98. The van der Waals surface area contributed by atoms with Crippen molar-refractivity contribution >= 4 is 28.6 Å². The Morgan fingerprint density at radius 1 is 1.21 bits per heavy atom. The summed E-state index contributed by atoms with van der Waals surface area (Å²) in [6.45, 7) is 10.3. The summed E-state index contributed by atoms with van der Waals surface area (Å²) in [5.74, 6) is 0.416. The van der Waals surface area contributed by atoms with Crippen LogP contribution in [0.1, 0.15) is 72.9 Å². The lowest BCUT2D eigenvalue weighted by Gasteiger charge is -2.44. The lowest BCUT2D eigenvalue weighted by Crippen LogP contribution is -2.61. The zero-order valence-electron chi connectivity index (χ0n) is 23.1. The van der Waals surface area contributed by atoms with Crippen molar-refractivity contribution in [3.63, 3.8) is 0 Å². The van der Waals surface area contributed by atoms with Crippen LogP contribution in [0.2, 0.25) is 0 Å². The van der Waals surface area contributed by atoms with Crippen LogP contribution in [-0.4, -0.2) is 46.5 Å². The molecule has 1 amide bonds. The smallest absolute Gasteiger partial charge is 0.254 e. The van der Waals surface area contributed by atoms with E-state index in [4.69, 9.17) is 4.74 Å². The molecule has 1 saturated carbocycles. The number of carbonyl (C=O) groups excluding carboxylic acids is 1. The maximum atomic E-state index is 13.6. The summed E-state index contributed by atoms with van der Waals surface area (Å²) in [7, 11) is 0. The normalized spacial score (nSPS) is 21.7. The standard InChI is InChI=1S/C30H40N4O3S/c1-18-14-26(38-5)24(28(35)32-18)15-31-29(36)27-20(3)34(25-9-7-6-8-23(25)27)19(2)21-10-12-22(13-11-21)33-30(4)16-37-17-30/h6-9,14,19,21-22,33H,10-13,15-17H2,1-5H3,(H,31,36)(H,32,35)/t19-,21-,22-/m1/s1. The van der Waals surface area contributed by atoms with Crippen LogP contribution in [0.3, 0.4) is 0 Å². The molecule has 1 aliphatic carbocycles. The summed E-state index contributed by atoms with van der Waals surface area (Å²) in [5.41, 5.74) is 4.19. The van der Waals surface area contributed by atoms with E-state index in [-0.39, 0.29) is 29.6 Å². The number of fused-ring (bicyclic) bond motifs is 1. The van der Waals surface area contributed by atoms with Crippen molar-refractivity contribution < 1.29 is 9.53 Å². The lowest BCUT2D eigenvalue weighted by atomic mass is 9.81. The van der Waals surface area contributed by atoms with Gasteiger partial charge in [-0.05, 0) is 77.7 Å². The predicted molar refractivity (Wildman–Crippen MR) is 154 cm³/mol. The third-order valence-corrected chi connectivity index (χ3v) is 9.32. The van der Waals surface area contributed by atoms with Gasteiger partial charge in [0, 0.05) is 51.4 Å². The van der Waals surface area contributed by atoms with Crippen molar-refractivity contribution in [3.05, 3.63) is 63.2 Å². The quantitative estimate of drug-likeness (QED) is 0.349. The van der Waals surface area contributed by atoms with E-state index in [1.807, 2.05) is 37.4 Å². The van der Waals surface area contributed by atoms with E-state index in [0.717, 1.165) is 53.2 Å². The first kappa shape index (κ1) is 27.0. The zero-order valence-corrected chi connectivity index (χ0v) is 24.0. The molecular formula is C30H40N4O3S. The predicted octanol–water partition coefficient (Wildman–Crippen LogP) is 5.10. The van der Waals surface area contributed by atoms with Gasteiger partial charge >= 0.3 is 0 Å². The Labute approximate surface area is 229 Å². The number of benzene rings is 1. The molecule has 0 bridgehead atoms. The molecule has 204 valence electrons. The first-order valence-electron chi connectivity index (χ1n) is 13.7. The van der Waals surface area contributed by atoms with Gasteiger partial charge in [0.05, 0.1) is 24.3 Å². The number of thioether (sulfide) groups is 1. The fourth-order valence-corrected chi connectivity index (χ4v) is 7.14. The van der Waals surface area contributed by atoms with Crippen LogP contribution < -0.4 is 16.2 Å². The molecule has 0 spiro atoms. The number of amides is 1. The molecule has 7 nitrogen and oxygen atoms in total. The number of H-pyrrole nitrogens is 1. The molecule has 5 rings (SSSR count). The second-order valence-corrected chi connectivity index (χ2v) is 12.3. The molecule has 0 unspecified atom stereocenters. The molecule has 2 aliphatic rings. The number of aromatic amines is 1. The van der Waals surface area contributed by atoms with E-state index >= 15 is 0 Å². The highest BCUT2D eigenvalue weighted by atomic mass is 32.2. The molecule has 3 heterocycles. The summed E-state index contributed by atoms with van der Waals surface area (Å²) in [6, 6.07) is 11.0. The fourth-order valence-electron chi connectivity index (χ4n) is 6.44. The summed E-state index contributed by atoms with van der Waals surface area (Å²) >= 11 is 1.52. The van der Waals surface area contributed by atoms with E-state index in [0.29, 0.717) is 23.1 Å². The highest BCUT2D eigenvalue weighted by Crippen LogP contribution is 2.38. The van der Waals surface area contributed by atoms with Gasteiger partial charge in [-0.15, -0.1) is 11.8 Å². The van der Waals surface area contributed by atoms with Crippen molar-refractivity contribution in [2.45, 2.75) is 82.4 Å². The molecule has 3 N–H and O–H groups in total. The van der Waals surface area contributed by atoms with Crippen LogP contribution in [0.15, 0.2) is 40.0 Å². The van der Waals surface area contributed by atoms with Crippen LogP contribution in [0.4, 0.5) is 0 Å². The molecule has 2 fully saturated rings. The Kier molecular flexibility index (Phi) is 7.76. The zero-order chi connectivity index (χ0) is 27.0. The van der Waals surface area contributed by atoms with Gasteiger partial charge in [0.25, 0.3) is 11.5 Å². The average molecular weight is 537 g/mol. The van der Waals surface area contributed by atoms with Gasteiger partial charge in [0.1, 0.15) is 0 Å². The summed E-state index contributed by atoms with van der Waals surface area (Å²) < 4.78 is 7.79. The number of aromatic nitrogens is 2. The molecule has 3 aromatic rings. The van der Waals surface area contributed by atoms with Crippen molar-refractivity contribution in [2.75, 3.05) is 19.5 Å². The number of nitrogens with one attached hydrogen (secondary N) is 3. The van der Waals surface area contributed by atoms with Crippen molar-refractivity contribution in [3.8, 4) is 0 Å². The van der Waals surface area contributed by atoms with Crippen LogP contribution >= 0.6 is 11.8 Å². The molecular weight excluding hydrogens is 496 g/mol. The van der Waals surface area contributed by atoms with Crippen LogP contribution in [0.5, 0.6) is 0 Å². The van der Waals surface area contributed by atoms with Gasteiger partial charge < -0.3 is 24.9 Å². The van der Waals surface area contributed by atoms with Gasteiger partial charge in [0.2, 0.25) is 0 Å². The second kappa shape index (κ2) is 10.9. The Balaban J connectivity index is 1.35. The number of nitrogens with zero attached hydrogens (tertiary/aromatic N) is 1. The summed E-state index contributed by atoms with van der Waals surface area (Å²) in [5, 5.41) is 7.84. The summed E-state index contributed by atoms with van der Waals surface area (Å²) in [6.07, 6.45) is 6.61. The number of ether oxygens (including phenoxy) is 1. The first-order valence-corrected chi connectivity index (χ1v) is 14.9. The third-order valence-electron chi connectivity index (χ3n) is 8.51. The summed E-state index contributed by atoms with van der Waals surface area (Å²) in [4.78, 5) is 29.9. The van der Waals surface area contributed by atoms with E-state index < -0.39 is 0 Å². The van der Waals surface area contributed by atoms with Gasteiger partial charge in [-0.2, -0.15) is 0 Å². The Morgan fingerprint density at radius 3 is 2.58 bits per heavy atom. The average Bonchev–Trinajstić information content (AvgIpc) is 3.18. The molecule has 1 saturated heterocycles. The molecule has 1 aliphatic heterocycles. The largest absolute Gasteiger partial charge is 0.377 e. The molecule has 1 aromatic carbocycles. The second-order valence-electron chi connectivity index (χ2n) is 11.4. The maximum Gasteiger partial charge on any atom is 0.254 e. The monoisotopic (exact) mass is 536 g/mol.